The van der Waals surface area contributed by atoms with Crippen LogP contribution in [-0.2, 0) is 4.79 Å². The van der Waals surface area contributed by atoms with E-state index in [2.05, 4.69) is 116 Å². The number of carbonyl (C=O) groups excluding carboxylic acids is 1. The van der Waals surface area contributed by atoms with Gasteiger partial charge in [-0.15, -0.1) is 0 Å². The molecule has 0 saturated heterocycles. The fourth-order valence-corrected chi connectivity index (χ4v) is 9.73. The Labute approximate surface area is 462 Å². The topological polar surface area (TPSA) is 69.6 Å². The van der Waals surface area contributed by atoms with Crippen LogP contribution < -0.4 is 5.32 Å². The Kier molecular flexibility index (Phi) is 62.2. The molecule has 0 aromatic rings. The molecular formula is C70H125NO3. The van der Waals surface area contributed by atoms with Crippen molar-refractivity contribution in [2.24, 2.45) is 0 Å². The lowest BCUT2D eigenvalue weighted by molar-refractivity contribution is -0.123. The van der Waals surface area contributed by atoms with Crippen LogP contribution in [0.1, 0.15) is 322 Å². The van der Waals surface area contributed by atoms with Crippen LogP contribution >= 0.6 is 0 Å². The maximum atomic E-state index is 12.5. The Bertz CT molecular complexity index is 1350. The van der Waals surface area contributed by atoms with Crippen LogP contribution in [0, 0.1) is 0 Å². The third-order valence-corrected chi connectivity index (χ3v) is 14.6. The predicted octanol–water partition coefficient (Wildman–Crippen LogP) is 22.0. The zero-order valence-electron chi connectivity index (χ0n) is 49.3. The van der Waals surface area contributed by atoms with E-state index in [0.29, 0.717) is 12.8 Å². The standard InChI is InChI=1S/C70H125NO3/c1-3-5-7-9-11-13-15-17-19-21-23-25-27-29-30-31-32-33-34-35-36-37-38-39-40-42-44-46-48-50-52-54-56-58-60-62-64-66-70(74)71-68(67-72)69(73)65-63-61-59-57-55-53-51-49-47-45-43-41-28-26-24-22-20-18-16-14-12-10-8-6-4-2/h5,7,11,13,17,19,23,25,29-30,32-33,35-36,38-39,68-69,72-73H,3-4,6,8-10,12,14-16,18,20-22,24,26-28,31,34,37,40-67H2,1-2H3,(H,71,74)/b7-5-,13-11-,19-17-,25-23-,30-29-,33-32-,36-35-,39-38-. The molecule has 0 fully saturated rings. The van der Waals surface area contributed by atoms with E-state index < -0.39 is 12.1 Å². The minimum absolute atomic E-state index is 0.0329. The van der Waals surface area contributed by atoms with Gasteiger partial charge >= 0.3 is 0 Å². The highest BCUT2D eigenvalue weighted by molar-refractivity contribution is 5.76. The van der Waals surface area contributed by atoms with Gasteiger partial charge in [0.1, 0.15) is 0 Å². The Balaban J connectivity index is 3.50. The minimum Gasteiger partial charge on any atom is -0.394 e. The van der Waals surface area contributed by atoms with Crippen molar-refractivity contribution in [3.8, 4) is 0 Å². The van der Waals surface area contributed by atoms with Gasteiger partial charge in [-0.3, -0.25) is 4.79 Å². The van der Waals surface area contributed by atoms with Crippen LogP contribution in [0.15, 0.2) is 97.2 Å². The zero-order valence-corrected chi connectivity index (χ0v) is 49.3. The van der Waals surface area contributed by atoms with Crippen molar-refractivity contribution in [2.45, 2.75) is 334 Å². The van der Waals surface area contributed by atoms with E-state index >= 15 is 0 Å². The highest BCUT2D eigenvalue weighted by Gasteiger charge is 2.20. The highest BCUT2D eigenvalue weighted by atomic mass is 16.3. The summed E-state index contributed by atoms with van der Waals surface area (Å²) in [6.07, 6.45) is 95.7. The summed E-state index contributed by atoms with van der Waals surface area (Å²) in [6.45, 7) is 4.27. The number of rotatable bonds is 59. The smallest absolute Gasteiger partial charge is 0.220 e. The number of carbonyl (C=O) groups is 1. The van der Waals surface area contributed by atoms with Gasteiger partial charge in [0.05, 0.1) is 18.8 Å². The van der Waals surface area contributed by atoms with E-state index in [4.69, 9.17) is 0 Å². The number of allylic oxidation sites excluding steroid dienone is 16. The summed E-state index contributed by atoms with van der Waals surface area (Å²) in [6, 6.07) is -0.544. The molecule has 0 aromatic heterocycles. The van der Waals surface area contributed by atoms with Gasteiger partial charge in [-0.2, -0.15) is 0 Å². The molecule has 0 aliphatic rings. The SMILES string of the molecule is CC/C=C\C/C=C\C/C=C\C/C=C\C/C=C\C/C=C\C/C=C\C/C=C\CCCCCCCCCCCCCCC(=O)NC(CO)C(O)CCCCCCCCCCCCCCCCCCCCCCCCCCC. The van der Waals surface area contributed by atoms with Crippen LogP contribution in [0.5, 0.6) is 0 Å². The maximum absolute atomic E-state index is 12.5. The summed E-state index contributed by atoms with van der Waals surface area (Å²) in [5.74, 6) is -0.0329. The fraction of sp³-hybridized carbons (Fsp3) is 0.757. The summed E-state index contributed by atoms with van der Waals surface area (Å²) in [5.41, 5.74) is 0. The first kappa shape index (κ1) is 71.3. The summed E-state index contributed by atoms with van der Waals surface area (Å²) in [5, 5.41) is 23.4. The first-order chi connectivity index (χ1) is 36.7. The predicted molar refractivity (Wildman–Crippen MR) is 331 cm³/mol. The highest BCUT2D eigenvalue weighted by Crippen LogP contribution is 2.18. The second-order valence-corrected chi connectivity index (χ2v) is 21.8. The number of aliphatic hydroxyl groups excluding tert-OH is 2. The normalized spacial score (nSPS) is 13.4. The summed E-state index contributed by atoms with van der Waals surface area (Å²) >= 11 is 0. The summed E-state index contributed by atoms with van der Waals surface area (Å²) < 4.78 is 0. The number of nitrogens with one attached hydrogen (secondary N) is 1. The molecule has 2 unspecified atom stereocenters. The number of aliphatic hydroxyl groups is 2. The molecule has 0 radical (unpaired) electrons. The quantitative estimate of drug-likeness (QED) is 0.0420. The van der Waals surface area contributed by atoms with Crippen LogP contribution in [0.4, 0.5) is 0 Å². The number of hydrogen-bond acceptors (Lipinski definition) is 3. The minimum atomic E-state index is -0.667. The second-order valence-electron chi connectivity index (χ2n) is 21.8. The molecule has 0 bridgehead atoms. The van der Waals surface area contributed by atoms with E-state index in [-0.39, 0.29) is 12.5 Å². The van der Waals surface area contributed by atoms with E-state index in [1.54, 1.807) is 0 Å². The second kappa shape index (κ2) is 64.6. The third-order valence-electron chi connectivity index (χ3n) is 14.6. The molecule has 74 heavy (non-hydrogen) atoms. The van der Waals surface area contributed by atoms with Crippen molar-refractivity contribution in [1.29, 1.82) is 0 Å². The van der Waals surface area contributed by atoms with Gasteiger partial charge in [-0.25, -0.2) is 0 Å². The van der Waals surface area contributed by atoms with E-state index in [0.717, 1.165) is 77.0 Å². The molecule has 1 amide bonds. The van der Waals surface area contributed by atoms with Crippen molar-refractivity contribution in [2.75, 3.05) is 6.61 Å². The van der Waals surface area contributed by atoms with E-state index in [1.165, 1.54) is 218 Å². The van der Waals surface area contributed by atoms with Crippen LogP contribution in [0.3, 0.4) is 0 Å². The largest absolute Gasteiger partial charge is 0.394 e. The molecule has 4 nitrogen and oxygen atoms in total. The monoisotopic (exact) mass is 1030 g/mol. The number of amides is 1. The Hall–Kier alpha value is -2.69. The van der Waals surface area contributed by atoms with E-state index in [1.807, 2.05) is 0 Å². The maximum Gasteiger partial charge on any atom is 0.220 e. The molecule has 0 spiro atoms. The van der Waals surface area contributed by atoms with Gasteiger partial charge in [0.15, 0.2) is 0 Å². The Morgan fingerprint density at radius 1 is 0.338 bits per heavy atom. The first-order valence-corrected chi connectivity index (χ1v) is 32.4. The summed E-state index contributed by atoms with van der Waals surface area (Å²) in [7, 11) is 0. The fourth-order valence-electron chi connectivity index (χ4n) is 9.73. The molecule has 2 atom stereocenters. The first-order valence-electron chi connectivity index (χ1n) is 32.4. The molecule has 0 rings (SSSR count). The van der Waals surface area contributed by atoms with Crippen molar-refractivity contribution < 1.29 is 15.0 Å². The van der Waals surface area contributed by atoms with Crippen molar-refractivity contribution in [3.63, 3.8) is 0 Å². The van der Waals surface area contributed by atoms with Gasteiger partial charge in [0.25, 0.3) is 0 Å². The third kappa shape index (κ3) is 60.2. The van der Waals surface area contributed by atoms with E-state index in [9.17, 15) is 15.0 Å². The van der Waals surface area contributed by atoms with Gasteiger partial charge < -0.3 is 15.5 Å². The average molecular weight is 1030 g/mol. The van der Waals surface area contributed by atoms with Gasteiger partial charge in [-0.1, -0.05) is 336 Å². The van der Waals surface area contributed by atoms with Crippen LogP contribution in [0.2, 0.25) is 0 Å². The lowest BCUT2D eigenvalue weighted by Gasteiger charge is -2.22. The molecule has 4 heteroatoms. The molecule has 0 aliphatic heterocycles. The zero-order chi connectivity index (χ0) is 53.4. The molecule has 428 valence electrons. The lowest BCUT2D eigenvalue weighted by Crippen LogP contribution is -2.45. The van der Waals surface area contributed by atoms with Crippen molar-refractivity contribution >= 4 is 5.91 Å². The van der Waals surface area contributed by atoms with Crippen molar-refractivity contribution in [1.82, 2.24) is 5.32 Å². The van der Waals surface area contributed by atoms with Gasteiger partial charge in [-0.05, 0) is 77.0 Å². The Morgan fingerprint density at radius 2 is 0.595 bits per heavy atom. The van der Waals surface area contributed by atoms with Crippen LogP contribution in [0.25, 0.3) is 0 Å². The molecule has 3 N–H and O–H groups in total. The lowest BCUT2D eigenvalue weighted by atomic mass is 10.0. The average Bonchev–Trinajstić information content (AvgIpc) is 3.40. The Morgan fingerprint density at radius 3 is 0.892 bits per heavy atom. The van der Waals surface area contributed by atoms with Gasteiger partial charge in [0.2, 0.25) is 5.91 Å². The molecule has 0 aliphatic carbocycles. The van der Waals surface area contributed by atoms with Gasteiger partial charge in [0, 0.05) is 6.42 Å². The van der Waals surface area contributed by atoms with Crippen molar-refractivity contribution in [3.05, 3.63) is 97.2 Å². The molecule has 0 heterocycles. The van der Waals surface area contributed by atoms with Crippen LogP contribution in [-0.4, -0.2) is 34.9 Å². The molecule has 0 saturated carbocycles. The summed E-state index contributed by atoms with van der Waals surface area (Å²) in [4.78, 5) is 12.5. The molecular weight excluding hydrogens is 903 g/mol. The molecule has 0 aromatic carbocycles. The number of unbranched alkanes of at least 4 members (excludes halogenated alkanes) is 36. The number of hydrogen-bond donors (Lipinski definition) is 3.